The fourth-order valence-corrected chi connectivity index (χ4v) is 4.49. The van der Waals surface area contributed by atoms with Crippen LogP contribution in [-0.2, 0) is 10.2 Å². The average molecular weight is 381 g/mol. The van der Waals surface area contributed by atoms with Gasteiger partial charge in [0.05, 0.1) is 17.1 Å². The number of halogens is 1. The third-order valence-electron chi connectivity index (χ3n) is 3.60. The molecular formula is C16H17BrN2O2S. The van der Waals surface area contributed by atoms with Gasteiger partial charge in [-0.3, -0.25) is 4.31 Å². The molecule has 0 spiro atoms. The SMILES string of the molecule is CC(Br)CCN1c2ccccc2N(c2ccccc2)S1(=O)=O. The molecule has 3 rings (SSSR count). The number of hydrogen-bond donors (Lipinski definition) is 0. The smallest absolute Gasteiger partial charge is 0.251 e. The highest BCUT2D eigenvalue weighted by molar-refractivity contribution is 9.09. The molecule has 0 N–H and O–H groups in total. The molecule has 1 heterocycles. The summed E-state index contributed by atoms with van der Waals surface area (Å²) in [6, 6.07) is 16.6. The van der Waals surface area contributed by atoms with Gasteiger partial charge in [0.25, 0.3) is 0 Å². The third kappa shape index (κ3) is 2.61. The summed E-state index contributed by atoms with van der Waals surface area (Å²) in [5.74, 6) is 0. The lowest BCUT2D eigenvalue weighted by Gasteiger charge is -2.22. The van der Waals surface area contributed by atoms with Crippen molar-refractivity contribution in [1.29, 1.82) is 0 Å². The predicted octanol–water partition coefficient (Wildman–Crippen LogP) is 4.06. The number of rotatable bonds is 4. The first-order valence-electron chi connectivity index (χ1n) is 7.13. The normalized spacial score (nSPS) is 17.4. The molecule has 0 saturated carbocycles. The largest absolute Gasteiger partial charge is 0.330 e. The van der Waals surface area contributed by atoms with Gasteiger partial charge < -0.3 is 0 Å². The fraction of sp³-hybridized carbons (Fsp3) is 0.250. The summed E-state index contributed by atoms with van der Waals surface area (Å²) < 4.78 is 28.9. The number of hydrogen-bond acceptors (Lipinski definition) is 2. The summed E-state index contributed by atoms with van der Waals surface area (Å²) in [4.78, 5) is 0.264. The second kappa shape index (κ2) is 5.93. The number of nitrogens with zero attached hydrogens (tertiary/aromatic N) is 2. The van der Waals surface area contributed by atoms with Gasteiger partial charge in [-0.1, -0.05) is 53.2 Å². The Morgan fingerprint density at radius 3 is 2.23 bits per heavy atom. The van der Waals surface area contributed by atoms with E-state index in [4.69, 9.17) is 0 Å². The molecule has 1 atom stereocenters. The molecule has 0 aromatic heterocycles. The van der Waals surface area contributed by atoms with Crippen LogP contribution in [0.15, 0.2) is 54.6 Å². The lowest BCUT2D eigenvalue weighted by atomic mass is 10.2. The van der Waals surface area contributed by atoms with Crippen LogP contribution in [0.2, 0.25) is 0 Å². The van der Waals surface area contributed by atoms with Gasteiger partial charge in [-0.25, -0.2) is 4.31 Å². The highest BCUT2D eigenvalue weighted by Crippen LogP contribution is 2.45. The minimum atomic E-state index is -3.59. The molecule has 2 aromatic carbocycles. The van der Waals surface area contributed by atoms with E-state index in [1.807, 2.05) is 61.5 Å². The van der Waals surface area contributed by atoms with Gasteiger partial charge in [-0.15, -0.1) is 0 Å². The van der Waals surface area contributed by atoms with Crippen molar-refractivity contribution in [2.24, 2.45) is 0 Å². The van der Waals surface area contributed by atoms with Crippen LogP contribution >= 0.6 is 15.9 Å². The van der Waals surface area contributed by atoms with Crippen LogP contribution in [0.5, 0.6) is 0 Å². The molecule has 22 heavy (non-hydrogen) atoms. The van der Waals surface area contributed by atoms with E-state index in [0.29, 0.717) is 17.9 Å². The zero-order chi connectivity index (χ0) is 15.7. The first-order chi connectivity index (χ1) is 10.5. The van der Waals surface area contributed by atoms with Crippen LogP contribution in [0.1, 0.15) is 13.3 Å². The van der Waals surface area contributed by atoms with Crippen molar-refractivity contribution >= 4 is 43.2 Å². The zero-order valence-electron chi connectivity index (χ0n) is 12.2. The number of benzene rings is 2. The quantitative estimate of drug-likeness (QED) is 0.750. The van der Waals surface area contributed by atoms with Crippen LogP contribution in [0.4, 0.5) is 17.1 Å². The Morgan fingerprint density at radius 1 is 1.00 bits per heavy atom. The number of fused-ring (bicyclic) bond motifs is 1. The predicted molar refractivity (Wildman–Crippen MR) is 94.3 cm³/mol. The van der Waals surface area contributed by atoms with Crippen LogP contribution < -0.4 is 8.61 Å². The van der Waals surface area contributed by atoms with Crippen LogP contribution in [0.3, 0.4) is 0 Å². The minimum Gasteiger partial charge on any atom is -0.251 e. The second-order valence-electron chi connectivity index (χ2n) is 5.24. The van der Waals surface area contributed by atoms with Crippen LogP contribution in [0, 0.1) is 0 Å². The lowest BCUT2D eigenvalue weighted by molar-refractivity contribution is 0.592. The number of para-hydroxylation sites is 3. The molecule has 0 aliphatic carbocycles. The molecule has 1 aliphatic rings. The fourth-order valence-electron chi connectivity index (χ4n) is 2.56. The first kappa shape index (κ1) is 15.4. The van der Waals surface area contributed by atoms with E-state index in [2.05, 4.69) is 15.9 Å². The first-order valence-corrected chi connectivity index (χ1v) is 9.44. The third-order valence-corrected chi connectivity index (χ3v) is 5.86. The average Bonchev–Trinajstić information content (AvgIpc) is 2.72. The van der Waals surface area contributed by atoms with E-state index in [1.165, 1.54) is 8.61 Å². The van der Waals surface area contributed by atoms with Crippen molar-refractivity contribution in [1.82, 2.24) is 0 Å². The van der Waals surface area contributed by atoms with Crippen LogP contribution in [-0.4, -0.2) is 19.8 Å². The highest BCUT2D eigenvalue weighted by Gasteiger charge is 2.40. The molecule has 0 fully saturated rings. The summed E-state index contributed by atoms with van der Waals surface area (Å²) in [7, 11) is -3.59. The van der Waals surface area contributed by atoms with E-state index < -0.39 is 10.2 Å². The zero-order valence-corrected chi connectivity index (χ0v) is 14.6. The molecule has 0 radical (unpaired) electrons. The molecule has 1 unspecified atom stereocenters. The Balaban J connectivity index is 2.09. The lowest BCUT2D eigenvalue weighted by Crippen LogP contribution is -2.36. The van der Waals surface area contributed by atoms with Gasteiger partial charge in [0.15, 0.2) is 0 Å². The molecule has 0 amide bonds. The number of alkyl halides is 1. The topological polar surface area (TPSA) is 40.6 Å². The van der Waals surface area contributed by atoms with Gasteiger partial charge in [0, 0.05) is 11.4 Å². The highest BCUT2D eigenvalue weighted by atomic mass is 79.9. The Hall–Kier alpha value is -1.53. The molecule has 116 valence electrons. The maximum Gasteiger partial charge on any atom is 0.330 e. The Bertz CT molecular complexity index is 763. The summed E-state index contributed by atoms with van der Waals surface area (Å²) in [5, 5.41) is 0. The Kier molecular flexibility index (Phi) is 4.14. The van der Waals surface area contributed by atoms with Gasteiger partial charge >= 0.3 is 10.2 Å². The summed E-state index contributed by atoms with van der Waals surface area (Å²) >= 11 is 3.48. The molecule has 2 aromatic rings. The summed E-state index contributed by atoms with van der Waals surface area (Å²) in [5.41, 5.74) is 2.10. The van der Waals surface area contributed by atoms with Crippen molar-refractivity contribution in [2.45, 2.75) is 18.2 Å². The van der Waals surface area contributed by atoms with E-state index in [1.54, 1.807) is 0 Å². The molecule has 1 aliphatic heterocycles. The summed E-state index contributed by atoms with van der Waals surface area (Å²) in [6.45, 7) is 2.47. The molecule has 0 saturated heterocycles. The van der Waals surface area contributed by atoms with Crippen molar-refractivity contribution in [3.8, 4) is 0 Å². The van der Waals surface area contributed by atoms with Gasteiger partial charge in [0.2, 0.25) is 0 Å². The summed E-state index contributed by atoms with van der Waals surface area (Å²) in [6.07, 6.45) is 0.746. The maximum atomic E-state index is 13.0. The van der Waals surface area contributed by atoms with Gasteiger partial charge in [-0.05, 0) is 30.7 Å². The molecule has 6 heteroatoms. The van der Waals surface area contributed by atoms with Gasteiger partial charge in [0.1, 0.15) is 0 Å². The molecular weight excluding hydrogens is 364 g/mol. The Morgan fingerprint density at radius 2 is 1.59 bits per heavy atom. The monoisotopic (exact) mass is 380 g/mol. The maximum absolute atomic E-state index is 13.0. The van der Waals surface area contributed by atoms with Crippen molar-refractivity contribution in [2.75, 3.05) is 15.2 Å². The second-order valence-corrected chi connectivity index (χ2v) is 8.50. The van der Waals surface area contributed by atoms with E-state index >= 15 is 0 Å². The van der Waals surface area contributed by atoms with E-state index in [0.717, 1.165) is 12.1 Å². The molecule has 4 nitrogen and oxygen atoms in total. The Labute approximate surface area is 139 Å². The minimum absolute atomic E-state index is 0.264. The van der Waals surface area contributed by atoms with Crippen LogP contribution in [0.25, 0.3) is 0 Å². The van der Waals surface area contributed by atoms with Crippen molar-refractivity contribution in [3.63, 3.8) is 0 Å². The number of anilines is 3. The van der Waals surface area contributed by atoms with Gasteiger partial charge in [-0.2, -0.15) is 8.42 Å². The standard InChI is InChI=1S/C16H17BrN2O2S/c1-13(17)11-12-18-15-9-5-6-10-16(15)19(22(18,20)21)14-7-3-2-4-8-14/h2-10,13H,11-12H2,1H3. The van der Waals surface area contributed by atoms with Crippen molar-refractivity contribution in [3.05, 3.63) is 54.6 Å². The molecule has 0 bridgehead atoms. The van der Waals surface area contributed by atoms with E-state index in [9.17, 15) is 8.42 Å². The van der Waals surface area contributed by atoms with Crippen molar-refractivity contribution < 1.29 is 8.42 Å². The van der Waals surface area contributed by atoms with E-state index in [-0.39, 0.29) is 4.83 Å².